The first kappa shape index (κ1) is 13.9. The highest BCUT2D eigenvalue weighted by atomic mass is 35.7. The Hall–Kier alpha value is -0.540. The molecule has 0 saturated carbocycles. The minimum atomic E-state index is -3.32. The Morgan fingerprint density at radius 1 is 1.06 bits per heavy atom. The molecule has 18 heavy (non-hydrogen) atoms. The van der Waals surface area contributed by atoms with E-state index in [0.29, 0.717) is 6.42 Å². The van der Waals surface area contributed by atoms with Crippen molar-refractivity contribution in [3.63, 3.8) is 0 Å². The number of hydrogen-bond donors (Lipinski definition) is 0. The molecule has 100 valence electrons. The van der Waals surface area contributed by atoms with Gasteiger partial charge in [0.05, 0.1) is 5.75 Å². The van der Waals surface area contributed by atoms with Crippen LogP contribution in [0.4, 0.5) is 0 Å². The summed E-state index contributed by atoms with van der Waals surface area (Å²) < 4.78 is 21.6. The lowest BCUT2D eigenvalue weighted by Gasteiger charge is -2.16. The van der Waals surface area contributed by atoms with Gasteiger partial charge in [0.25, 0.3) is 0 Å². The lowest BCUT2D eigenvalue weighted by Crippen LogP contribution is -2.03. The van der Waals surface area contributed by atoms with E-state index < -0.39 is 9.05 Å². The van der Waals surface area contributed by atoms with Crippen LogP contribution in [0.2, 0.25) is 0 Å². The third-order valence-electron chi connectivity index (χ3n) is 3.52. The van der Waals surface area contributed by atoms with Crippen LogP contribution >= 0.6 is 10.7 Å². The number of unbranched alkanes of at least 4 members (excludes halogenated alkanes) is 1. The van der Waals surface area contributed by atoms with Crippen LogP contribution in [-0.4, -0.2) is 14.2 Å². The molecule has 0 spiro atoms. The Morgan fingerprint density at radius 3 is 2.50 bits per heavy atom. The number of aryl methyl sites for hydroxylation is 3. The molecule has 2 rings (SSSR count). The number of hydrogen-bond acceptors (Lipinski definition) is 2. The van der Waals surface area contributed by atoms with Crippen LogP contribution in [0.15, 0.2) is 18.2 Å². The standard InChI is InChI=1S/C14H19ClO2S/c15-18(16,17)10-4-3-5-12-8-9-13-6-1-2-7-14(13)11-12/h8-9,11H,1-7,10H2. The van der Waals surface area contributed by atoms with Crippen molar-refractivity contribution >= 4 is 19.7 Å². The van der Waals surface area contributed by atoms with Gasteiger partial charge < -0.3 is 0 Å². The molecular formula is C14H19ClO2S. The molecule has 4 heteroatoms. The largest absolute Gasteiger partial charge is 0.232 e. The van der Waals surface area contributed by atoms with Crippen LogP contribution in [0.5, 0.6) is 0 Å². The minimum Gasteiger partial charge on any atom is -0.212 e. The van der Waals surface area contributed by atoms with Gasteiger partial charge in [0, 0.05) is 10.7 Å². The summed E-state index contributed by atoms with van der Waals surface area (Å²) in [6, 6.07) is 6.71. The Kier molecular flexibility index (Phi) is 4.68. The van der Waals surface area contributed by atoms with Crippen molar-refractivity contribution in [3.05, 3.63) is 34.9 Å². The summed E-state index contributed by atoms with van der Waals surface area (Å²) in [4.78, 5) is 0. The first-order valence-corrected chi connectivity index (χ1v) is 9.05. The summed E-state index contributed by atoms with van der Waals surface area (Å²) >= 11 is 0. The van der Waals surface area contributed by atoms with E-state index >= 15 is 0 Å². The SMILES string of the molecule is O=S(=O)(Cl)CCCCc1ccc2c(c1)CCCC2. The van der Waals surface area contributed by atoms with E-state index in [-0.39, 0.29) is 5.75 Å². The molecule has 0 radical (unpaired) electrons. The van der Waals surface area contributed by atoms with Gasteiger partial charge in [0.2, 0.25) is 9.05 Å². The van der Waals surface area contributed by atoms with E-state index in [4.69, 9.17) is 10.7 Å². The average Bonchev–Trinajstić information content (AvgIpc) is 2.33. The monoisotopic (exact) mass is 286 g/mol. The van der Waals surface area contributed by atoms with Gasteiger partial charge in [0.1, 0.15) is 0 Å². The number of benzene rings is 1. The molecule has 0 N–H and O–H groups in total. The van der Waals surface area contributed by atoms with Crippen LogP contribution in [-0.2, 0) is 28.3 Å². The van der Waals surface area contributed by atoms with Gasteiger partial charge in [-0.1, -0.05) is 18.2 Å². The van der Waals surface area contributed by atoms with Gasteiger partial charge in [-0.2, -0.15) is 0 Å². The van der Waals surface area contributed by atoms with E-state index in [0.717, 1.165) is 12.8 Å². The number of rotatable bonds is 5. The molecule has 1 aliphatic rings. The maximum Gasteiger partial charge on any atom is 0.232 e. The van der Waals surface area contributed by atoms with Crippen LogP contribution < -0.4 is 0 Å². The first-order valence-electron chi connectivity index (χ1n) is 6.58. The topological polar surface area (TPSA) is 34.1 Å². The Balaban J connectivity index is 1.86. The Labute approximate surface area is 114 Å². The molecule has 0 fully saturated rings. The molecule has 0 amide bonds. The Morgan fingerprint density at radius 2 is 1.78 bits per heavy atom. The zero-order valence-corrected chi connectivity index (χ0v) is 12.1. The molecule has 0 atom stereocenters. The van der Waals surface area contributed by atoms with Crippen LogP contribution in [0, 0.1) is 0 Å². The zero-order valence-electron chi connectivity index (χ0n) is 10.5. The zero-order chi connectivity index (χ0) is 13.0. The highest BCUT2D eigenvalue weighted by molar-refractivity contribution is 8.13. The van der Waals surface area contributed by atoms with Gasteiger partial charge >= 0.3 is 0 Å². The van der Waals surface area contributed by atoms with Crippen molar-refractivity contribution in [1.29, 1.82) is 0 Å². The average molecular weight is 287 g/mol. The van der Waals surface area contributed by atoms with E-state index in [1.54, 1.807) is 0 Å². The van der Waals surface area contributed by atoms with Crippen LogP contribution in [0.3, 0.4) is 0 Å². The van der Waals surface area contributed by atoms with Crippen molar-refractivity contribution < 1.29 is 8.42 Å². The van der Waals surface area contributed by atoms with E-state index in [1.807, 2.05) is 0 Å². The molecule has 1 aromatic rings. The smallest absolute Gasteiger partial charge is 0.212 e. The van der Waals surface area contributed by atoms with Crippen molar-refractivity contribution in [2.24, 2.45) is 0 Å². The fourth-order valence-electron chi connectivity index (χ4n) is 2.55. The molecule has 0 saturated heterocycles. The fraction of sp³-hybridized carbons (Fsp3) is 0.571. The highest BCUT2D eigenvalue weighted by Gasteiger charge is 2.09. The predicted molar refractivity (Wildman–Crippen MR) is 75.7 cm³/mol. The highest BCUT2D eigenvalue weighted by Crippen LogP contribution is 2.22. The maximum atomic E-state index is 10.8. The molecule has 0 bridgehead atoms. The summed E-state index contributed by atoms with van der Waals surface area (Å²) in [6.07, 6.45) is 7.47. The number of fused-ring (bicyclic) bond motifs is 1. The maximum absolute atomic E-state index is 10.8. The second kappa shape index (κ2) is 6.07. The van der Waals surface area contributed by atoms with Crippen LogP contribution in [0.1, 0.15) is 42.4 Å². The molecule has 0 unspecified atom stereocenters. The van der Waals surface area contributed by atoms with E-state index in [2.05, 4.69) is 18.2 Å². The van der Waals surface area contributed by atoms with Crippen molar-refractivity contribution in [2.75, 3.05) is 5.75 Å². The van der Waals surface area contributed by atoms with Gasteiger partial charge in [-0.15, -0.1) is 0 Å². The third-order valence-corrected chi connectivity index (χ3v) is 4.76. The minimum absolute atomic E-state index is 0.0828. The van der Waals surface area contributed by atoms with Gasteiger partial charge in [-0.05, 0) is 61.6 Å². The molecular weight excluding hydrogens is 268 g/mol. The second-order valence-corrected chi connectivity index (χ2v) is 7.91. The molecule has 0 aliphatic heterocycles. The van der Waals surface area contributed by atoms with Gasteiger partial charge in [0.15, 0.2) is 0 Å². The lowest BCUT2D eigenvalue weighted by atomic mass is 9.89. The normalized spacial score (nSPS) is 15.4. The number of halogens is 1. The van der Waals surface area contributed by atoms with E-state index in [1.165, 1.54) is 42.4 Å². The summed E-state index contributed by atoms with van der Waals surface area (Å²) in [5.74, 6) is 0.0828. The molecule has 0 aromatic heterocycles. The molecule has 1 aromatic carbocycles. The summed E-state index contributed by atoms with van der Waals surface area (Å²) in [5, 5.41) is 0. The Bertz CT molecular complexity index is 509. The van der Waals surface area contributed by atoms with Crippen molar-refractivity contribution in [3.8, 4) is 0 Å². The quantitative estimate of drug-likeness (QED) is 0.614. The summed E-state index contributed by atoms with van der Waals surface area (Å²) in [7, 11) is 1.86. The molecule has 1 aliphatic carbocycles. The van der Waals surface area contributed by atoms with Crippen LogP contribution in [0.25, 0.3) is 0 Å². The summed E-state index contributed by atoms with van der Waals surface area (Å²) in [6.45, 7) is 0. The lowest BCUT2D eigenvalue weighted by molar-refractivity contribution is 0.605. The molecule has 2 nitrogen and oxygen atoms in total. The van der Waals surface area contributed by atoms with Crippen molar-refractivity contribution in [1.82, 2.24) is 0 Å². The van der Waals surface area contributed by atoms with E-state index in [9.17, 15) is 8.42 Å². The van der Waals surface area contributed by atoms with Crippen molar-refractivity contribution in [2.45, 2.75) is 44.9 Å². The predicted octanol–water partition coefficient (Wildman–Crippen LogP) is 3.46. The fourth-order valence-corrected chi connectivity index (χ4v) is 3.42. The second-order valence-electron chi connectivity index (χ2n) is 5.01. The first-order chi connectivity index (χ1) is 8.54. The molecule has 0 heterocycles. The van der Waals surface area contributed by atoms with Gasteiger partial charge in [-0.25, -0.2) is 8.42 Å². The van der Waals surface area contributed by atoms with Gasteiger partial charge in [-0.3, -0.25) is 0 Å². The summed E-state index contributed by atoms with van der Waals surface area (Å²) in [5.41, 5.74) is 4.31. The third kappa shape index (κ3) is 4.29.